The number of unbranched alkanes of at least 4 members (excludes halogenated alkanes) is 18. The lowest BCUT2D eigenvalue weighted by Crippen LogP contribution is -2.72. The Hall–Kier alpha value is -1.89. The highest BCUT2D eigenvalue weighted by Gasteiger charge is 2.55. The largest absolute Gasteiger partial charge is 0.477 e. The average molecular weight is 611 g/mol. The molecule has 0 radical (unpaired) electrons. The number of carbonyl (C=O) groups is 3. The Morgan fingerprint density at radius 2 is 0.744 bits per heavy atom. The molecule has 252 valence electrons. The first-order valence-electron chi connectivity index (χ1n) is 17.9. The Morgan fingerprint density at radius 3 is 1.02 bits per heavy atom. The van der Waals surface area contributed by atoms with Gasteiger partial charge in [0.15, 0.2) is 18.1 Å². The Morgan fingerprint density at radius 1 is 0.465 bits per heavy atom. The van der Waals surface area contributed by atoms with Gasteiger partial charge in [0.05, 0.1) is 6.54 Å². The smallest absolute Gasteiger partial charge is 0.362 e. The third-order valence-electron chi connectivity index (χ3n) is 9.33. The van der Waals surface area contributed by atoms with E-state index in [1.54, 1.807) is 20.8 Å². The fourth-order valence-electron chi connectivity index (χ4n) is 6.98. The minimum atomic E-state index is -1.13. The highest BCUT2D eigenvalue weighted by atomic mass is 16.4. The van der Waals surface area contributed by atoms with Gasteiger partial charge in [0, 0.05) is 25.7 Å². The maximum Gasteiger partial charge on any atom is 0.362 e. The maximum absolute atomic E-state index is 12.3. The molecule has 0 saturated carbocycles. The van der Waals surface area contributed by atoms with Crippen LogP contribution in [0.4, 0.5) is 0 Å². The van der Waals surface area contributed by atoms with Crippen molar-refractivity contribution < 1.29 is 34.2 Å². The predicted molar refractivity (Wildman–Crippen MR) is 177 cm³/mol. The molecular formula is C36H68NO6+. The van der Waals surface area contributed by atoms with Crippen LogP contribution in [0.2, 0.25) is 0 Å². The highest BCUT2D eigenvalue weighted by molar-refractivity contribution is 5.78. The Balaban J connectivity index is 4.36. The zero-order chi connectivity index (χ0) is 32.3. The molecule has 0 bridgehead atoms. The number of carboxylic acids is 3. The van der Waals surface area contributed by atoms with Crippen molar-refractivity contribution in [3.63, 3.8) is 0 Å². The summed E-state index contributed by atoms with van der Waals surface area (Å²) in [6, 6.07) is -3.28. The lowest BCUT2D eigenvalue weighted by Gasteiger charge is -2.49. The molecule has 0 aromatic rings. The molecule has 0 heterocycles. The van der Waals surface area contributed by atoms with E-state index in [9.17, 15) is 29.7 Å². The van der Waals surface area contributed by atoms with Crippen molar-refractivity contribution in [3.8, 4) is 0 Å². The molecule has 3 unspecified atom stereocenters. The van der Waals surface area contributed by atoms with E-state index in [0.717, 1.165) is 12.8 Å². The van der Waals surface area contributed by atoms with E-state index in [-0.39, 0.29) is 25.8 Å². The number of carboxylic acid groups (broad SMARTS) is 3. The Bertz CT molecular complexity index is 697. The summed E-state index contributed by atoms with van der Waals surface area (Å²) in [5, 5.41) is 30.1. The minimum absolute atomic E-state index is 0.173. The summed E-state index contributed by atoms with van der Waals surface area (Å²) in [7, 11) is 0. The summed E-state index contributed by atoms with van der Waals surface area (Å²) in [5.41, 5.74) is 0. The normalized spacial score (nSPS) is 15.3. The van der Waals surface area contributed by atoms with Crippen molar-refractivity contribution >= 4 is 17.9 Å². The van der Waals surface area contributed by atoms with Gasteiger partial charge in [-0.25, -0.2) is 14.4 Å². The van der Waals surface area contributed by atoms with E-state index >= 15 is 0 Å². The first kappa shape index (κ1) is 41.1. The zero-order valence-corrected chi connectivity index (χ0v) is 28.4. The molecule has 0 aliphatic rings. The molecule has 0 saturated heterocycles. The van der Waals surface area contributed by atoms with Gasteiger partial charge in [-0.15, -0.1) is 0 Å². The fourth-order valence-corrected chi connectivity index (χ4v) is 6.98. The fraction of sp³-hybridized carbons (Fsp3) is 0.861. The van der Waals surface area contributed by atoms with Crippen molar-refractivity contribution in [2.24, 2.45) is 0 Å². The number of quaternary nitrogens is 1. The van der Waals surface area contributed by atoms with E-state index < -0.39 is 40.5 Å². The number of hydrogen-bond acceptors (Lipinski definition) is 3. The minimum Gasteiger partial charge on any atom is -0.477 e. The van der Waals surface area contributed by atoms with Gasteiger partial charge in [0.25, 0.3) is 0 Å². The molecule has 7 nitrogen and oxygen atoms in total. The molecule has 0 aromatic heterocycles. The SMILES string of the molecule is CCCCCCCCCCCCCCCCCCCC/C=C/CC[N+](C(CC)C(=O)O)(C(CC)C(=O)O)C(CC)C(=O)O. The van der Waals surface area contributed by atoms with E-state index in [0.29, 0.717) is 6.42 Å². The van der Waals surface area contributed by atoms with Crippen LogP contribution in [0.3, 0.4) is 0 Å². The quantitative estimate of drug-likeness (QED) is 0.0409. The van der Waals surface area contributed by atoms with Crippen LogP contribution < -0.4 is 0 Å². The number of nitrogens with zero attached hydrogens (tertiary/aromatic N) is 1. The molecule has 0 amide bonds. The summed E-state index contributed by atoms with van der Waals surface area (Å²) >= 11 is 0. The Kier molecular flexibility index (Phi) is 25.3. The summed E-state index contributed by atoms with van der Waals surface area (Å²) in [4.78, 5) is 36.8. The number of hydrogen-bond donors (Lipinski definition) is 3. The number of rotatable bonds is 31. The highest BCUT2D eigenvalue weighted by Crippen LogP contribution is 2.32. The summed E-state index contributed by atoms with van der Waals surface area (Å²) in [6.07, 6.45) is 30.2. The monoisotopic (exact) mass is 611 g/mol. The van der Waals surface area contributed by atoms with Gasteiger partial charge in [-0.1, -0.05) is 149 Å². The molecule has 0 aliphatic heterocycles. The Labute approximate surface area is 264 Å². The molecule has 0 spiro atoms. The number of allylic oxidation sites excluding steroid dienone is 1. The van der Waals surface area contributed by atoms with Crippen LogP contribution in [0.1, 0.15) is 175 Å². The molecule has 0 fully saturated rings. The van der Waals surface area contributed by atoms with Crippen molar-refractivity contribution in [2.45, 2.75) is 193 Å². The van der Waals surface area contributed by atoms with Gasteiger partial charge < -0.3 is 15.3 Å². The van der Waals surface area contributed by atoms with Gasteiger partial charge in [-0.3, -0.25) is 4.48 Å². The van der Waals surface area contributed by atoms with Crippen LogP contribution in [0, 0.1) is 0 Å². The van der Waals surface area contributed by atoms with Crippen LogP contribution in [0.15, 0.2) is 12.2 Å². The van der Waals surface area contributed by atoms with Gasteiger partial charge in [-0.05, 0) is 12.8 Å². The van der Waals surface area contributed by atoms with Crippen LogP contribution in [0.25, 0.3) is 0 Å². The third-order valence-corrected chi connectivity index (χ3v) is 9.33. The molecule has 0 aromatic carbocycles. The molecule has 3 atom stereocenters. The first-order chi connectivity index (χ1) is 20.7. The average Bonchev–Trinajstić information content (AvgIpc) is 2.96. The summed E-state index contributed by atoms with van der Waals surface area (Å²) in [5.74, 6) is -3.40. The van der Waals surface area contributed by atoms with Gasteiger partial charge in [-0.2, -0.15) is 0 Å². The molecule has 3 N–H and O–H groups in total. The lowest BCUT2D eigenvalue weighted by atomic mass is 9.94. The van der Waals surface area contributed by atoms with Crippen LogP contribution in [-0.4, -0.2) is 62.4 Å². The lowest BCUT2D eigenvalue weighted by molar-refractivity contribution is -0.972. The van der Waals surface area contributed by atoms with Crippen LogP contribution in [-0.2, 0) is 14.4 Å². The van der Waals surface area contributed by atoms with E-state index in [1.165, 1.54) is 109 Å². The first-order valence-corrected chi connectivity index (χ1v) is 17.9. The second-order valence-electron chi connectivity index (χ2n) is 12.6. The molecule has 0 aliphatic carbocycles. The maximum atomic E-state index is 12.3. The second kappa shape index (κ2) is 26.5. The van der Waals surface area contributed by atoms with E-state index in [1.807, 2.05) is 6.08 Å². The summed E-state index contributed by atoms with van der Waals surface area (Å²) in [6.45, 7) is 7.54. The standard InChI is InChI=1S/C36H67NO6/c1-5-9-10-11-12-13-14-15-16-17-18-19-20-21-22-23-24-25-26-27-28-29-30-37(31(6-2)34(38)39,32(7-3)35(40)41)33(8-4)36(42)43/h27-28,31-33H,5-26,29-30H2,1-4H3,(H2-,38,39,40,41,42,43)/p+1/b28-27+. The van der Waals surface area contributed by atoms with E-state index in [4.69, 9.17) is 0 Å². The third kappa shape index (κ3) is 16.7. The van der Waals surface area contributed by atoms with Crippen molar-refractivity contribution in [1.82, 2.24) is 0 Å². The molecular weight excluding hydrogens is 542 g/mol. The van der Waals surface area contributed by atoms with Gasteiger partial charge in [0.1, 0.15) is 0 Å². The van der Waals surface area contributed by atoms with E-state index in [2.05, 4.69) is 13.0 Å². The number of aliphatic carboxylic acids is 3. The van der Waals surface area contributed by atoms with Crippen LogP contribution in [0.5, 0.6) is 0 Å². The second-order valence-corrected chi connectivity index (χ2v) is 12.6. The van der Waals surface area contributed by atoms with Crippen LogP contribution >= 0.6 is 0 Å². The zero-order valence-electron chi connectivity index (χ0n) is 28.4. The van der Waals surface area contributed by atoms with Gasteiger partial charge in [0.2, 0.25) is 0 Å². The summed E-state index contributed by atoms with van der Waals surface area (Å²) < 4.78 is -0.451. The molecule has 0 rings (SSSR count). The molecule has 7 heteroatoms. The van der Waals surface area contributed by atoms with Gasteiger partial charge >= 0.3 is 17.9 Å². The topological polar surface area (TPSA) is 112 Å². The van der Waals surface area contributed by atoms with Crippen molar-refractivity contribution in [2.75, 3.05) is 6.54 Å². The van der Waals surface area contributed by atoms with Crippen molar-refractivity contribution in [1.29, 1.82) is 0 Å². The van der Waals surface area contributed by atoms with Crippen molar-refractivity contribution in [3.05, 3.63) is 12.2 Å². The molecule has 43 heavy (non-hydrogen) atoms. The predicted octanol–water partition coefficient (Wildman–Crippen LogP) is 9.77.